The van der Waals surface area contributed by atoms with Gasteiger partial charge in [-0.3, -0.25) is 9.59 Å². The fourth-order valence-electron chi connectivity index (χ4n) is 11.9. The highest BCUT2D eigenvalue weighted by Gasteiger charge is 2.22. The SMILES string of the molecule is CC/C=C\C/C=C\C/C=C\C/C=C\C/C=C\C/C=C\C/C=C\C/C=C\CCCCCCCCCCCCC(=O)OC(COC(=O)CCCCCCCCCCCCCCCCCCCCCCCCCCCCCCCCCCCCCC)COC(OCC[N+](C)(C)C)C(=O)[O-]. The van der Waals surface area contributed by atoms with E-state index in [9.17, 15) is 19.5 Å². The molecular formula is C87H155NO8. The number of nitrogens with zero attached hydrogens (tertiary/aromatic N) is 1. The molecule has 0 saturated heterocycles. The molecule has 0 aromatic rings. The average Bonchev–Trinajstić information content (AvgIpc) is 2.43. The standard InChI is InChI=1S/C87H155NO8/c1-6-8-10-12-14-16-18-20-22-24-26-28-30-32-34-36-38-40-42-44-45-47-49-51-53-55-57-59-61-63-65-67-69-71-73-75-77-84(89)94-81-83(82-95-87(86(91)92)93-80-79-88(3,4)5)96-85(90)78-76-74-72-70-68-66-64-62-60-58-56-54-52-50-48-46-43-41-39-37-35-33-31-29-27-25-23-21-19-17-15-13-11-9-7-2/h9,11,15,17,21,23,27,29,33,35,39,41,46,48,52,54,83,87H,6-8,10,12-14,16,18-20,22,24-26,28,30-32,34,36-38,40,42-45,47,49-51,53,55-82H2,1-5H3/b11-9-,17-15-,23-21-,29-27-,35-33-,41-39-,48-46-,54-52-. The van der Waals surface area contributed by atoms with Gasteiger partial charge in [0.2, 0.25) is 0 Å². The summed E-state index contributed by atoms with van der Waals surface area (Å²) < 4.78 is 22.9. The van der Waals surface area contributed by atoms with Crippen LogP contribution in [0.25, 0.3) is 0 Å². The highest BCUT2D eigenvalue weighted by Crippen LogP contribution is 2.19. The number of unbranched alkanes of at least 4 members (excludes halogenated alkanes) is 45. The second kappa shape index (κ2) is 77.0. The summed E-state index contributed by atoms with van der Waals surface area (Å²) in [6.07, 6.45) is 104. The molecule has 556 valence electrons. The molecule has 2 unspecified atom stereocenters. The normalized spacial score (nSPS) is 13.1. The molecule has 0 radical (unpaired) electrons. The smallest absolute Gasteiger partial charge is 0.306 e. The first kappa shape index (κ1) is 92.2. The number of carboxylic acid groups (broad SMARTS) is 1. The van der Waals surface area contributed by atoms with Gasteiger partial charge in [0.15, 0.2) is 12.4 Å². The van der Waals surface area contributed by atoms with Gasteiger partial charge in [-0.2, -0.15) is 0 Å². The van der Waals surface area contributed by atoms with E-state index in [0.29, 0.717) is 23.9 Å². The Balaban J connectivity index is 4.02. The Kier molecular flexibility index (Phi) is 73.9. The van der Waals surface area contributed by atoms with E-state index in [1.54, 1.807) is 0 Å². The minimum Gasteiger partial charge on any atom is -0.545 e. The highest BCUT2D eigenvalue weighted by molar-refractivity contribution is 5.70. The molecule has 0 amide bonds. The molecule has 0 N–H and O–H groups in total. The number of rotatable bonds is 76. The lowest BCUT2D eigenvalue weighted by molar-refractivity contribution is -0.870. The first-order valence-corrected chi connectivity index (χ1v) is 40.9. The van der Waals surface area contributed by atoms with Gasteiger partial charge in [0.25, 0.3) is 0 Å². The molecule has 2 atom stereocenters. The van der Waals surface area contributed by atoms with Crippen molar-refractivity contribution in [3.05, 3.63) is 97.2 Å². The van der Waals surface area contributed by atoms with E-state index in [1.165, 1.54) is 250 Å². The van der Waals surface area contributed by atoms with Crippen molar-refractivity contribution in [2.75, 3.05) is 47.5 Å². The highest BCUT2D eigenvalue weighted by atomic mass is 16.7. The van der Waals surface area contributed by atoms with Gasteiger partial charge in [-0.25, -0.2) is 0 Å². The van der Waals surface area contributed by atoms with Gasteiger partial charge in [0, 0.05) is 12.8 Å². The summed E-state index contributed by atoms with van der Waals surface area (Å²) in [5.41, 5.74) is 0. The number of carbonyl (C=O) groups is 3. The van der Waals surface area contributed by atoms with Crippen LogP contribution >= 0.6 is 0 Å². The van der Waals surface area contributed by atoms with Gasteiger partial charge in [-0.05, 0) is 77.0 Å². The molecule has 0 aliphatic rings. The second-order valence-corrected chi connectivity index (χ2v) is 28.7. The Hall–Kier alpha value is -3.79. The van der Waals surface area contributed by atoms with Crippen LogP contribution < -0.4 is 5.11 Å². The van der Waals surface area contributed by atoms with E-state index in [-0.39, 0.29) is 32.2 Å². The van der Waals surface area contributed by atoms with Crippen molar-refractivity contribution in [2.24, 2.45) is 0 Å². The van der Waals surface area contributed by atoms with Crippen LogP contribution in [0.5, 0.6) is 0 Å². The molecule has 0 aromatic heterocycles. The van der Waals surface area contributed by atoms with Crippen molar-refractivity contribution >= 4 is 17.9 Å². The van der Waals surface area contributed by atoms with Gasteiger partial charge in [-0.15, -0.1) is 0 Å². The third-order valence-electron chi connectivity index (χ3n) is 18.1. The van der Waals surface area contributed by atoms with E-state index >= 15 is 0 Å². The van der Waals surface area contributed by atoms with Gasteiger partial charge in [0.1, 0.15) is 13.2 Å². The Morgan fingerprint density at radius 2 is 0.594 bits per heavy atom. The van der Waals surface area contributed by atoms with E-state index in [4.69, 9.17) is 18.9 Å². The van der Waals surface area contributed by atoms with Crippen LogP contribution in [0.2, 0.25) is 0 Å². The number of likely N-dealkylation sites (N-methyl/N-ethyl adjacent to an activating group) is 1. The maximum atomic E-state index is 13.0. The summed E-state index contributed by atoms with van der Waals surface area (Å²) in [4.78, 5) is 37.6. The zero-order valence-electron chi connectivity index (χ0n) is 63.7. The molecule has 0 heterocycles. The van der Waals surface area contributed by atoms with Crippen LogP contribution in [0.1, 0.15) is 380 Å². The molecule has 9 nitrogen and oxygen atoms in total. The fraction of sp³-hybridized carbons (Fsp3) is 0.782. The number of ether oxygens (including phenoxy) is 4. The molecule has 0 bridgehead atoms. The summed E-state index contributed by atoms with van der Waals surface area (Å²) in [5.74, 6) is -2.27. The van der Waals surface area contributed by atoms with Crippen LogP contribution in [0.15, 0.2) is 97.2 Å². The van der Waals surface area contributed by atoms with Gasteiger partial charge in [-0.1, -0.05) is 387 Å². The summed E-state index contributed by atoms with van der Waals surface area (Å²) in [5, 5.41) is 11.9. The zero-order valence-corrected chi connectivity index (χ0v) is 63.7. The van der Waals surface area contributed by atoms with Crippen LogP contribution in [0.3, 0.4) is 0 Å². The Labute approximate surface area is 594 Å². The number of carboxylic acids is 1. The molecule has 0 saturated carbocycles. The van der Waals surface area contributed by atoms with Gasteiger partial charge < -0.3 is 33.3 Å². The predicted octanol–water partition coefficient (Wildman–Crippen LogP) is 25.0. The van der Waals surface area contributed by atoms with E-state index < -0.39 is 24.3 Å². The van der Waals surface area contributed by atoms with E-state index in [0.717, 1.165) is 96.3 Å². The lowest BCUT2D eigenvalue weighted by Gasteiger charge is -2.26. The third kappa shape index (κ3) is 77.6. The second-order valence-electron chi connectivity index (χ2n) is 28.7. The number of hydrogen-bond donors (Lipinski definition) is 0. The quantitative estimate of drug-likeness (QED) is 0.0195. The molecule has 0 aromatic carbocycles. The summed E-state index contributed by atoms with van der Waals surface area (Å²) in [6, 6.07) is 0. The van der Waals surface area contributed by atoms with Crippen molar-refractivity contribution < 1.29 is 42.9 Å². The van der Waals surface area contributed by atoms with Crippen LogP contribution in [0.4, 0.5) is 0 Å². The van der Waals surface area contributed by atoms with Crippen molar-refractivity contribution in [3.63, 3.8) is 0 Å². The van der Waals surface area contributed by atoms with Crippen LogP contribution in [-0.2, 0) is 33.3 Å². The predicted molar refractivity (Wildman–Crippen MR) is 412 cm³/mol. The number of allylic oxidation sites excluding steroid dienone is 16. The van der Waals surface area contributed by atoms with Crippen molar-refractivity contribution in [1.82, 2.24) is 0 Å². The topological polar surface area (TPSA) is 111 Å². The summed E-state index contributed by atoms with van der Waals surface area (Å²) in [7, 11) is 5.94. The number of esters is 2. The van der Waals surface area contributed by atoms with E-state index in [1.807, 2.05) is 21.1 Å². The maximum Gasteiger partial charge on any atom is 0.306 e. The molecular weight excluding hydrogens is 1190 g/mol. The Bertz CT molecular complexity index is 1900. The summed E-state index contributed by atoms with van der Waals surface area (Å²) >= 11 is 0. The van der Waals surface area contributed by atoms with E-state index in [2.05, 4.69) is 111 Å². The molecule has 9 heteroatoms. The number of quaternary nitrogens is 1. The molecule has 0 fully saturated rings. The van der Waals surface area contributed by atoms with Gasteiger partial charge >= 0.3 is 11.9 Å². The first-order valence-electron chi connectivity index (χ1n) is 40.9. The molecule has 0 spiro atoms. The lowest BCUT2D eigenvalue weighted by Crippen LogP contribution is -2.44. The number of aliphatic carboxylic acids is 1. The zero-order chi connectivity index (χ0) is 69.7. The lowest BCUT2D eigenvalue weighted by atomic mass is 10.0. The molecule has 96 heavy (non-hydrogen) atoms. The third-order valence-corrected chi connectivity index (χ3v) is 18.1. The first-order chi connectivity index (χ1) is 47.1. The minimum absolute atomic E-state index is 0.145. The van der Waals surface area contributed by atoms with Crippen molar-refractivity contribution in [2.45, 2.75) is 392 Å². The number of carbonyl (C=O) groups excluding carboxylic acids is 3. The largest absolute Gasteiger partial charge is 0.545 e. The Morgan fingerprint density at radius 1 is 0.323 bits per heavy atom. The molecule has 0 rings (SSSR count). The van der Waals surface area contributed by atoms with Crippen molar-refractivity contribution in [1.29, 1.82) is 0 Å². The van der Waals surface area contributed by atoms with Crippen LogP contribution in [0, 0.1) is 0 Å². The minimum atomic E-state index is -1.63. The monoisotopic (exact) mass is 1340 g/mol. The average molecular weight is 1340 g/mol. The fourth-order valence-corrected chi connectivity index (χ4v) is 11.9. The number of hydrogen-bond acceptors (Lipinski definition) is 8. The molecule has 0 aliphatic carbocycles. The van der Waals surface area contributed by atoms with Crippen LogP contribution in [-0.4, -0.2) is 82.3 Å². The summed E-state index contributed by atoms with van der Waals surface area (Å²) in [6.45, 7) is 4.68. The van der Waals surface area contributed by atoms with Gasteiger partial charge in [0.05, 0.1) is 40.3 Å². The molecule has 0 aliphatic heterocycles. The Morgan fingerprint density at radius 3 is 0.885 bits per heavy atom. The van der Waals surface area contributed by atoms with Crippen molar-refractivity contribution in [3.8, 4) is 0 Å². The maximum absolute atomic E-state index is 13.0.